The summed E-state index contributed by atoms with van der Waals surface area (Å²) < 4.78 is 16.0. The zero-order valence-corrected chi connectivity index (χ0v) is 16.5. The zero-order chi connectivity index (χ0) is 20.3. The normalized spacial score (nSPS) is 20.6. The number of morpholine rings is 1. The zero-order valence-electron chi connectivity index (χ0n) is 16.5. The lowest BCUT2D eigenvalue weighted by Gasteiger charge is -2.30. The molecule has 1 fully saturated rings. The van der Waals surface area contributed by atoms with Crippen LogP contribution in [0.2, 0.25) is 0 Å². The molecule has 0 radical (unpaired) electrons. The van der Waals surface area contributed by atoms with Gasteiger partial charge in [-0.05, 0) is 24.6 Å². The molecule has 3 rings (SSSR count). The van der Waals surface area contributed by atoms with Gasteiger partial charge < -0.3 is 29.1 Å². The quantitative estimate of drug-likeness (QED) is 0.675. The van der Waals surface area contributed by atoms with Gasteiger partial charge in [0, 0.05) is 0 Å². The Balaban J connectivity index is 1.92. The molecule has 2 heterocycles. The first-order chi connectivity index (χ1) is 13.5. The molecule has 0 bridgehead atoms. The van der Waals surface area contributed by atoms with Crippen LogP contribution in [0, 0.1) is 0 Å². The number of nitrogens with one attached hydrogen (secondary N) is 1. The molecule has 2 N–H and O–H groups in total. The Labute approximate surface area is 164 Å². The molecular weight excluding hydrogens is 364 g/mol. The van der Waals surface area contributed by atoms with Gasteiger partial charge in [0.1, 0.15) is 13.1 Å². The third-order valence-corrected chi connectivity index (χ3v) is 5.31. The van der Waals surface area contributed by atoms with Crippen molar-refractivity contribution in [1.29, 1.82) is 0 Å². The van der Waals surface area contributed by atoms with Crippen LogP contribution in [0.25, 0.3) is 0 Å². The lowest BCUT2D eigenvalue weighted by molar-refractivity contribution is -0.907. The van der Waals surface area contributed by atoms with E-state index in [1.165, 1.54) is 18.9 Å². The largest absolute Gasteiger partial charge is 0.503 e. The van der Waals surface area contributed by atoms with E-state index in [4.69, 9.17) is 14.2 Å². The number of methoxy groups -OCH3 is 2. The van der Waals surface area contributed by atoms with E-state index in [0.29, 0.717) is 36.8 Å². The molecule has 1 amide bonds. The van der Waals surface area contributed by atoms with Crippen LogP contribution in [-0.4, -0.2) is 75.3 Å². The average molecular weight is 391 g/mol. The minimum Gasteiger partial charge on any atom is -0.503 e. The van der Waals surface area contributed by atoms with E-state index in [-0.39, 0.29) is 11.4 Å². The van der Waals surface area contributed by atoms with Gasteiger partial charge in [-0.15, -0.1) is 0 Å². The third kappa shape index (κ3) is 3.83. The first-order valence-electron chi connectivity index (χ1n) is 9.36. The number of carbonyl (C=O) groups is 2. The molecule has 1 atom stereocenters. The van der Waals surface area contributed by atoms with Crippen LogP contribution in [0.4, 0.5) is 0 Å². The van der Waals surface area contributed by atoms with E-state index in [2.05, 4.69) is 0 Å². The summed E-state index contributed by atoms with van der Waals surface area (Å²) in [4.78, 5) is 27.9. The van der Waals surface area contributed by atoms with Crippen LogP contribution < -0.4 is 14.4 Å². The molecule has 0 unspecified atom stereocenters. The number of amides is 1. The maximum atomic E-state index is 12.7. The molecule has 0 saturated carbocycles. The highest BCUT2D eigenvalue weighted by Crippen LogP contribution is 2.40. The molecule has 0 aliphatic carbocycles. The van der Waals surface area contributed by atoms with Crippen LogP contribution in [0.1, 0.15) is 18.5 Å². The number of aliphatic hydroxyl groups excluding tert-OH is 1. The van der Waals surface area contributed by atoms with E-state index in [1.54, 1.807) is 30.2 Å². The van der Waals surface area contributed by atoms with E-state index >= 15 is 0 Å². The molecular formula is C20H27N2O6+. The maximum absolute atomic E-state index is 12.7. The average Bonchev–Trinajstić information content (AvgIpc) is 2.97. The molecule has 1 aromatic rings. The summed E-state index contributed by atoms with van der Waals surface area (Å²) in [5.74, 6) is -0.258. The highest BCUT2D eigenvalue weighted by molar-refractivity contribution is 6.08. The van der Waals surface area contributed by atoms with Crippen molar-refractivity contribution in [3.63, 3.8) is 0 Å². The van der Waals surface area contributed by atoms with Crippen molar-refractivity contribution >= 4 is 11.7 Å². The Morgan fingerprint density at radius 2 is 1.93 bits per heavy atom. The molecule has 0 spiro atoms. The van der Waals surface area contributed by atoms with Gasteiger partial charge in [-0.2, -0.15) is 0 Å². The number of benzene rings is 1. The third-order valence-electron chi connectivity index (χ3n) is 5.31. The predicted octanol–water partition coefficient (Wildman–Crippen LogP) is -0.0967. The Kier molecular flexibility index (Phi) is 6.21. The standard InChI is InChI=1S/C20H26N2O6/c1-13(23)17-18(14-4-5-15(26-2)16(12-14)27-3)22(20(25)19(17)24)7-6-21-8-10-28-11-9-21/h4-5,12,18,24H,6-11H2,1-3H3/p+1/t18-/m1/s1. The summed E-state index contributed by atoms with van der Waals surface area (Å²) in [5.41, 5.74) is 0.812. The van der Waals surface area contributed by atoms with Crippen LogP contribution in [0.5, 0.6) is 11.5 Å². The minimum atomic E-state index is -0.648. The summed E-state index contributed by atoms with van der Waals surface area (Å²) in [6.07, 6.45) is 0. The summed E-state index contributed by atoms with van der Waals surface area (Å²) in [6.45, 7) is 5.66. The minimum absolute atomic E-state index is 0.120. The van der Waals surface area contributed by atoms with Crippen LogP contribution in [0.15, 0.2) is 29.5 Å². The second-order valence-electron chi connectivity index (χ2n) is 6.95. The fourth-order valence-electron chi connectivity index (χ4n) is 3.80. The second-order valence-corrected chi connectivity index (χ2v) is 6.95. The summed E-state index contributed by atoms with van der Waals surface area (Å²) in [6, 6.07) is 4.62. The summed E-state index contributed by atoms with van der Waals surface area (Å²) >= 11 is 0. The van der Waals surface area contributed by atoms with E-state index in [9.17, 15) is 14.7 Å². The Hall–Kier alpha value is -2.58. The molecule has 0 aromatic heterocycles. The van der Waals surface area contributed by atoms with E-state index in [0.717, 1.165) is 19.6 Å². The second kappa shape index (κ2) is 8.62. The van der Waals surface area contributed by atoms with Crippen molar-refractivity contribution in [2.24, 2.45) is 0 Å². The van der Waals surface area contributed by atoms with Crippen LogP contribution >= 0.6 is 0 Å². The monoisotopic (exact) mass is 391 g/mol. The summed E-state index contributed by atoms with van der Waals surface area (Å²) in [5, 5.41) is 10.4. The number of rotatable bonds is 7. The number of aliphatic hydroxyl groups is 1. The van der Waals surface area contributed by atoms with Gasteiger partial charge in [-0.25, -0.2) is 0 Å². The number of carbonyl (C=O) groups excluding carboxylic acids is 2. The number of ether oxygens (including phenoxy) is 3. The number of quaternary nitrogens is 1. The number of Topliss-reactive ketones (excluding diaryl/α,β-unsaturated/α-hetero) is 1. The Morgan fingerprint density at radius 3 is 2.54 bits per heavy atom. The van der Waals surface area contributed by atoms with Crippen molar-refractivity contribution in [2.45, 2.75) is 13.0 Å². The number of hydrogen-bond donors (Lipinski definition) is 2. The molecule has 1 aromatic carbocycles. The molecule has 8 nitrogen and oxygen atoms in total. The lowest BCUT2D eigenvalue weighted by atomic mass is 9.96. The van der Waals surface area contributed by atoms with Gasteiger partial charge in [0.15, 0.2) is 23.0 Å². The van der Waals surface area contributed by atoms with Crippen molar-refractivity contribution in [3.05, 3.63) is 35.1 Å². The first kappa shape index (κ1) is 20.2. The number of nitrogens with zero attached hydrogens (tertiary/aromatic N) is 1. The van der Waals surface area contributed by atoms with Crippen molar-refractivity contribution in [1.82, 2.24) is 4.90 Å². The highest BCUT2D eigenvalue weighted by atomic mass is 16.5. The topological polar surface area (TPSA) is 89.7 Å². The molecule has 8 heteroatoms. The number of hydrogen-bond acceptors (Lipinski definition) is 6. The van der Waals surface area contributed by atoms with Crippen molar-refractivity contribution < 1.29 is 33.8 Å². The molecule has 28 heavy (non-hydrogen) atoms. The Bertz CT molecular complexity index is 785. The highest BCUT2D eigenvalue weighted by Gasteiger charge is 2.43. The van der Waals surface area contributed by atoms with Gasteiger partial charge in [-0.3, -0.25) is 9.59 Å². The molecule has 2 aliphatic rings. The maximum Gasteiger partial charge on any atom is 0.290 e. The predicted molar refractivity (Wildman–Crippen MR) is 101 cm³/mol. The van der Waals surface area contributed by atoms with Gasteiger partial charge >= 0.3 is 0 Å². The fraction of sp³-hybridized carbons (Fsp3) is 0.500. The molecule has 2 aliphatic heterocycles. The van der Waals surface area contributed by atoms with E-state index in [1.807, 2.05) is 0 Å². The van der Waals surface area contributed by atoms with Gasteiger partial charge in [0.05, 0.1) is 52.1 Å². The van der Waals surface area contributed by atoms with Crippen LogP contribution in [-0.2, 0) is 14.3 Å². The van der Waals surface area contributed by atoms with Crippen LogP contribution in [0.3, 0.4) is 0 Å². The lowest BCUT2D eigenvalue weighted by Crippen LogP contribution is -3.14. The fourth-order valence-corrected chi connectivity index (χ4v) is 3.80. The van der Waals surface area contributed by atoms with Gasteiger partial charge in [0.25, 0.3) is 5.91 Å². The number of ketones is 1. The molecule has 152 valence electrons. The summed E-state index contributed by atoms with van der Waals surface area (Å²) in [7, 11) is 3.07. The van der Waals surface area contributed by atoms with Gasteiger partial charge in [0.2, 0.25) is 0 Å². The Morgan fingerprint density at radius 1 is 1.25 bits per heavy atom. The smallest absolute Gasteiger partial charge is 0.290 e. The van der Waals surface area contributed by atoms with E-state index < -0.39 is 17.7 Å². The first-order valence-corrected chi connectivity index (χ1v) is 9.36. The molecule has 1 saturated heterocycles. The van der Waals surface area contributed by atoms with Crippen molar-refractivity contribution in [3.8, 4) is 11.5 Å². The van der Waals surface area contributed by atoms with Crippen molar-refractivity contribution in [2.75, 3.05) is 53.6 Å². The SMILES string of the molecule is COc1ccc([C@@H]2C(C(C)=O)=C(O)C(=O)N2CC[NH+]2CCOCC2)cc1OC. The van der Waals surface area contributed by atoms with Gasteiger partial charge in [-0.1, -0.05) is 6.07 Å².